The highest BCUT2D eigenvalue weighted by atomic mass is 35.5. The van der Waals surface area contributed by atoms with E-state index in [1.165, 1.54) is 11.1 Å². The van der Waals surface area contributed by atoms with Gasteiger partial charge in [-0.25, -0.2) is 4.79 Å². The van der Waals surface area contributed by atoms with E-state index >= 15 is 0 Å². The lowest BCUT2D eigenvalue weighted by atomic mass is 9.88. The Morgan fingerprint density at radius 1 is 0.946 bits per heavy atom. The van der Waals surface area contributed by atoms with E-state index < -0.39 is 0 Å². The molecule has 2 amide bonds. The minimum Gasteiger partial charge on any atom is -0.334 e. The van der Waals surface area contributed by atoms with Gasteiger partial charge in [-0.05, 0) is 34.8 Å². The van der Waals surface area contributed by atoms with Crippen LogP contribution < -0.4 is 10.6 Å². The molecule has 6 heteroatoms. The highest BCUT2D eigenvalue weighted by Gasteiger charge is 2.21. The molecule has 1 saturated heterocycles. The number of carbonyl (C=O) groups excluding carboxylic acids is 1. The fourth-order valence-corrected chi connectivity index (χ4v) is 5.07. The maximum absolute atomic E-state index is 13.4. The molecule has 194 valence electrons. The van der Waals surface area contributed by atoms with Gasteiger partial charge in [-0.3, -0.25) is 4.90 Å². The molecule has 5 nitrogen and oxygen atoms in total. The molecular formula is C31H37ClN4O. The lowest BCUT2D eigenvalue weighted by Gasteiger charge is -2.31. The van der Waals surface area contributed by atoms with Crippen molar-refractivity contribution in [2.45, 2.75) is 18.9 Å². The third-order valence-electron chi connectivity index (χ3n) is 6.84. The molecule has 0 bridgehead atoms. The fraction of sp³-hybridized carbons (Fsp3) is 0.323. The fourth-order valence-electron chi connectivity index (χ4n) is 4.86. The average molecular weight is 517 g/mol. The summed E-state index contributed by atoms with van der Waals surface area (Å²) in [6, 6.07) is 28.6. The van der Waals surface area contributed by atoms with Crippen molar-refractivity contribution >= 4 is 17.6 Å². The molecule has 37 heavy (non-hydrogen) atoms. The first kappa shape index (κ1) is 26.9. The van der Waals surface area contributed by atoms with Crippen LogP contribution in [0.25, 0.3) is 0 Å². The van der Waals surface area contributed by atoms with Gasteiger partial charge in [0.15, 0.2) is 0 Å². The van der Waals surface area contributed by atoms with Gasteiger partial charge in [0.2, 0.25) is 0 Å². The Balaban J connectivity index is 1.47. The summed E-state index contributed by atoms with van der Waals surface area (Å²) in [7, 11) is 0. The number of amides is 2. The monoisotopic (exact) mass is 516 g/mol. The number of nitrogens with zero attached hydrogens (tertiary/aromatic N) is 2. The van der Waals surface area contributed by atoms with Crippen LogP contribution in [0.3, 0.4) is 0 Å². The van der Waals surface area contributed by atoms with Crippen LogP contribution in [-0.4, -0.2) is 61.6 Å². The summed E-state index contributed by atoms with van der Waals surface area (Å²) in [5.41, 5.74) is 4.46. The molecule has 0 atom stereocenters. The van der Waals surface area contributed by atoms with Gasteiger partial charge in [0.25, 0.3) is 0 Å². The summed E-state index contributed by atoms with van der Waals surface area (Å²) in [5, 5.41) is 7.14. The second-order valence-corrected chi connectivity index (χ2v) is 10.0. The van der Waals surface area contributed by atoms with Crippen molar-refractivity contribution in [2.75, 3.05) is 45.8 Å². The van der Waals surface area contributed by atoms with Crippen molar-refractivity contribution in [3.63, 3.8) is 0 Å². The average Bonchev–Trinajstić information content (AvgIpc) is 2.93. The smallest absolute Gasteiger partial charge is 0.317 e. The molecule has 1 aliphatic heterocycles. The van der Waals surface area contributed by atoms with E-state index in [2.05, 4.69) is 70.6 Å². The van der Waals surface area contributed by atoms with Gasteiger partial charge in [-0.15, -0.1) is 0 Å². The second kappa shape index (κ2) is 14.0. The molecule has 4 rings (SSSR count). The maximum atomic E-state index is 13.4. The second-order valence-electron chi connectivity index (χ2n) is 9.61. The molecule has 2 N–H and O–H groups in total. The summed E-state index contributed by atoms with van der Waals surface area (Å²) in [4.78, 5) is 17.7. The van der Waals surface area contributed by atoms with Crippen molar-refractivity contribution in [1.82, 2.24) is 20.4 Å². The molecule has 0 unspecified atom stereocenters. The first-order valence-corrected chi connectivity index (χ1v) is 13.4. The minimum atomic E-state index is -0.0961. The van der Waals surface area contributed by atoms with E-state index in [9.17, 15) is 4.79 Å². The zero-order valence-corrected chi connectivity index (χ0v) is 22.2. The van der Waals surface area contributed by atoms with Gasteiger partial charge in [0.05, 0.1) is 0 Å². The first-order chi connectivity index (χ1) is 18.1. The van der Waals surface area contributed by atoms with Crippen LogP contribution in [0.4, 0.5) is 4.79 Å². The van der Waals surface area contributed by atoms with Crippen molar-refractivity contribution < 1.29 is 4.79 Å². The highest BCUT2D eigenvalue weighted by molar-refractivity contribution is 6.31. The number of benzene rings is 3. The number of hydrogen-bond acceptors (Lipinski definition) is 3. The third kappa shape index (κ3) is 8.19. The minimum absolute atomic E-state index is 0.0961. The number of urea groups is 1. The topological polar surface area (TPSA) is 47.6 Å². The summed E-state index contributed by atoms with van der Waals surface area (Å²) < 4.78 is 0. The van der Waals surface area contributed by atoms with Crippen LogP contribution in [0.1, 0.15) is 29.0 Å². The van der Waals surface area contributed by atoms with E-state index in [1.54, 1.807) is 0 Å². The van der Waals surface area contributed by atoms with Crippen molar-refractivity contribution in [1.29, 1.82) is 0 Å². The van der Waals surface area contributed by atoms with Gasteiger partial charge >= 0.3 is 6.03 Å². The molecular weight excluding hydrogens is 480 g/mol. The predicted molar refractivity (Wildman–Crippen MR) is 153 cm³/mol. The van der Waals surface area contributed by atoms with E-state index in [1.807, 2.05) is 41.3 Å². The van der Waals surface area contributed by atoms with Crippen LogP contribution >= 0.6 is 11.6 Å². The van der Waals surface area contributed by atoms with Crippen molar-refractivity contribution in [2.24, 2.45) is 0 Å². The number of halogens is 1. The summed E-state index contributed by atoms with van der Waals surface area (Å²) >= 11 is 6.33. The van der Waals surface area contributed by atoms with Crippen LogP contribution in [0.5, 0.6) is 0 Å². The number of hydrogen-bond donors (Lipinski definition) is 2. The zero-order valence-electron chi connectivity index (χ0n) is 21.4. The molecule has 1 aliphatic rings. The quantitative estimate of drug-likeness (QED) is 0.329. The Labute approximate surface area is 226 Å². The van der Waals surface area contributed by atoms with E-state index in [-0.39, 0.29) is 11.9 Å². The summed E-state index contributed by atoms with van der Waals surface area (Å²) in [6.45, 7) is 10.7. The molecule has 0 spiro atoms. The number of carbonyl (C=O) groups is 1. The largest absolute Gasteiger partial charge is 0.334 e. The molecule has 3 aromatic carbocycles. The standard InChI is InChI=1S/C31H37ClN4O/c1-25(23-35-20-17-33-18-21-35)24-36(31(37)34-22-28-14-8-9-15-30(28)32)19-16-29(26-10-4-2-5-11-26)27-12-6-3-7-13-27/h2-15,29,33H,1,16-24H2,(H,34,37). The molecule has 0 saturated carbocycles. The van der Waals surface area contributed by atoms with Gasteiger partial charge in [-0.1, -0.05) is 97.0 Å². The predicted octanol–water partition coefficient (Wildman–Crippen LogP) is 5.54. The van der Waals surface area contributed by atoms with Crippen LogP contribution in [0.15, 0.2) is 97.1 Å². The van der Waals surface area contributed by atoms with Gasteiger partial charge in [0.1, 0.15) is 0 Å². The molecule has 1 heterocycles. The van der Waals surface area contributed by atoms with Gasteiger partial charge in [0, 0.05) is 63.3 Å². The van der Waals surface area contributed by atoms with E-state index in [0.29, 0.717) is 24.7 Å². The van der Waals surface area contributed by atoms with Crippen LogP contribution in [0, 0.1) is 0 Å². The van der Waals surface area contributed by atoms with Crippen LogP contribution in [0.2, 0.25) is 5.02 Å². The molecule has 0 aromatic heterocycles. The SMILES string of the molecule is C=C(CN1CCNCC1)CN(CCC(c1ccccc1)c1ccccc1)C(=O)NCc1ccccc1Cl. The Morgan fingerprint density at radius 2 is 1.54 bits per heavy atom. The highest BCUT2D eigenvalue weighted by Crippen LogP contribution is 2.28. The lowest BCUT2D eigenvalue weighted by Crippen LogP contribution is -2.46. The van der Waals surface area contributed by atoms with Crippen molar-refractivity contribution in [3.05, 3.63) is 119 Å². The Morgan fingerprint density at radius 3 is 2.16 bits per heavy atom. The third-order valence-corrected chi connectivity index (χ3v) is 7.21. The first-order valence-electron chi connectivity index (χ1n) is 13.1. The maximum Gasteiger partial charge on any atom is 0.317 e. The Hall–Kier alpha value is -3.12. The molecule has 0 radical (unpaired) electrons. The summed E-state index contributed by atoms with van der Waals surface area (Å²) in [6.07, 6.45) is 0.814. The lowest BCUT2D eigenvalue weighted by molar-refractivity contribution is 0.197. The summed E-state index contributed by atoms with van der Waals surface area (Å²) in [5.74, 6) is 0.197. The van der Waals surface area contributed by atoms with Crippen LogP contribution in [-0.2, 0) is 6.54 Å². The van der Waals surface area contributed by atoms with Gasteiger partial charge < -0.3 is 15.5 Å². The van der Waals surface area contributed by atoms with E-state index in [0.717, 1.165) is 50.3 Å². The number of piperazine rings is 1. The molecule has 1 fully saturated rings. The van der Waals surface area contributed by atoms with E-state index in [4.69, 9.17) is 11.6 Å². The number of nitrogens with one attached hydrogen (secondary N) is 2. The van der Waals surface area contributed by atoms with Crippen molar-refractivity contribution in [3.8, 4) is 0 Å². The Kier molecular flexibility index (Phi) is 10.2. The molecule has 0 aliphatic carbocycles. The normalized spacial score (nSPS) is 13.9. The molecule has 3 aromatic rings. The number of rotatable bonds is 11. The Bertz CT molecular complexity index is 1090. The van der Waals surface area contributed by atoms with Gasteiger partial charge in [-0.2, -0.15) is 0 Å². The zero-order chi connectivity index (χ0) is 25.9.